The zero-order valence-corrected chi connectivity index (χ0v) is 11.0. The highest BCUT2D eigenvalue weighted by molar-refractivity contribution is 6.32. The van der Waals surface area contributed by atoms with E-state index in [4.69, 9.17) is 17.3 Å². The Kier molecular flexibility index (Phi) is 3.27. The second kappa shape index (κ2) is 4.42. The summed E-state index contributed by atoms with van der Waals surface area (Å²) in [7, 11) is 1.81. The molecule has 1 aromatic heterocycles. The molecule has 0 atom stereocenters. The van der Waals surface area contributed by atoms with Gasteiger partial charge in [-0.25, -0.2) is 0 Å². The molecule has 0 saturated heterocycles. The Morgan fingerprint density at radius 3 is 2.65 bits per heavy atom. The summed E-state index contributed by atoms with van der Waals surface area (Å²) < 4.78 is 1.68. The van der Waals surface area contributed by atoms with E-state index in [1.807, 2.05) is 14.0 Å². The molecule has 1 aromatic rings. The van der Waals surface area contributed by atoms with Crippen LogP contribution in [0.1, 0.15) is 37.1 Å². The summed E-state index contributed by atoms with van der Waals surface area (Å²) in [5.74, 6) is 0.150. The first-order chi connectivity index (χ1) is 7.91. The number of carbonyl (C=O) groups is 1. The zero-order chi connectivity index (χ0) is 12.6. The number of hydrogen-bond acceptors (Lipinski definition) is 3. The lowest BCUT2D eigenvalue weighted by Gasteiger charge is -2.37. The highest BCUT2D eigenvalue weighted by Crippen LogP contribution is 2.33. The van der Waals surface area contributed by atoms with E-state index in [-0.39, 0.29) is 11.3 Å². The number of ketones is 1. The molecule has 4 nitrogen and oxygen atoms in total. The second-order valence-corrected chi connectivity index (χ2v) is 5.46. The molecule has 1 heterocycles. The molecule has 1 aliphatic rings. The predicted octanol–water partition coefficient (Wildman–Crippen LogP) is 1.77. The summed E-state index contributed by atoms with van der Waals surface area (Å²) in [5, 5.41) is 4.79. The average Bonchev–Trinajstić information content (AvgIpc) is 2.43. The maximum absolute atomic E-state index is 12.0. The van der Waals surface area contributed by atoms with Crippen LogP contribution in [0.15, 0.2) is 0 Å². The molecule has 94 valence electrons. The summed E-state index contributed by atoms with van der Waals surface area (Å²) in [6.45, 7) is 1.84. The van der Waals surface area contributed by atoms with Crippen LogP contribution in [0.2, 0.25) is 5.02 Å². The first-order valence-corrected chi connectivity index (χ1v) is 6.28. The molecule has 0 aromatic carbocycles. The van der Waals surface area contributed by atoms with Crippen molar-refractivity contribution in [3.8, 4) is 0 Å². The molecule has 0 aliphatic heterocycles. The number of aromatic nitrogens is 2. The lowest BCUT2D eigenvalue weighted by atomic mass is 9.74. The first-order valence-electron chi connectivity index (χ1n) is 5.90. The van der Waals surface area contributed by atoms with Crippen LogP contribution >= 0.6 is 11.6 Å². The molecule has 5 heteroatoms. The van der Waals surface area contributed by atoms with E-state index in [2.05, 4.69) is 5.10 Å². The summed E-state index contributed by atoms with van der Waals surface area (Å²) in [6, 6.07) is 0. The van der Waals surface area contributed by atoms with Gasteiger partial charge in [-0.15, -0.1) is 0 Å². The summed E-state index contributed by atoms with van der Waals surface area (Å²) in [4.78, 5) is 12.0. The van der Waals surface area contributed by atoms with Crippen molar-refractivity contribution < 1.29 is 4.79 Å². The van der Waals surface area contributed by atoms with E-state index in [1.165, 1.54) is 0 Å². The van der Waals surface area contributed by atoms with Crippen LogP contribution in [0, 0.1) is 6.92 Å². The fourth-order valence-electron chi connectivity index (χ4n) is 2.32. The normalized spacial score (nSPS) is 17.9. The van der Waals surface area contributed by atoms with Crippen molar-refractivity contribution in [1.29, 1.82) is 0 Å². The Morgan fingerprint density at radius 2 is 2.24 bits per heavy atom. The van der Waals surface area contributed by atoms with Gasteiger partial charge in [0.25, 0.3) is 0 Å². The molecule has 0 radical (unpaired) electrons. The van der Waals surface area contributed by atoms with Gasteiger partial charge in [0.15, 0.2) is 0 Å². The van der Waals surface area contributed by atoms with E-state index in [9.17, 15) is 4.79 Å². The molecular weight excluding hydrogens is 238 g/mol. The minimum Gasteiger partial charge on any atom is -0.325 e. The molecular formula is C12H18ClN3O. The average molecular weight is 256 g/mol. The molecule has 0 unspecified atom stereocenters. The van der Waals surface area contributed by atoms with Gasteiger partial charge in [-0.3, -0.25) is 9.48 Å². The maximum atomic E-state index is 12.0. The van der Waals surface area contributed by atoms with E-state index in [1.54, 1.807) is 4.68 Å². The number of carbonyl (C=O) groups excluding carboxylic acids is 1. The Labute approximate surface area is 106 Å². The summed E-state index contributed by atoms with van der Waals surface area (Å²) >= 11 is 6.11. The van der Waals surface area contributed by atoms with Crippen LogP contribution in [0.5, 0.6) is 0 Å². The standard InChI is InChI=1S/C12H18ClN3O/c1-8-11(13)10(16(2)15-8)6-9(17)7-12(14)4-3-5-12/h3-7,14H2,1-2H3. The minimum absolute atomic E-state index is 0.150. The van der Waals surface area contributed by atoms with Gasteiger partial charge >= 0.3 is 0 Å². The second-order valence-electron chi connectivity index (χ2n) is 5.08. The number of aryl methyl sites for hydroxylation is 2. The van der Waals surface area contributed by atoms with Crippen LogP contribution < -0.4 is 5.73 Å². The molecule has 2 rings (SSSR count). The quantitative estimate of drug-likeness (QED) is 0.892. The first kappa shape index (κ1) is 12.6. The molecule has 0 bridgehead atoms. The zero-order valence-electron chi connectivity index (χ0n) is 10.3. The Hall–Kier alpha value is -0.870. The van der Waals surface area contributed by atoms with Crippen LogP contribution in [-0.2, 0) is 18.3 Å². The highest BCUT2D eigenvalue weighted by atomic mass is 35.5. The number of nitrogens with zero attached hydrogens (tertiary/aromatic N) is 2. The van der Waals surface area contributed by atoms with E-state index in [0.29, 0.717) is 17.9 Å². The van der Waals surface area contributed by atoms with E-state index >= 15 is 0 Å². The smallest absolute Gasteiger partial charge is 0.140 e. The molecule has 1 saturated carbocycles. The van der Waals surface area contributed by atoms with Gasteiger partial charge in [-0.05, 0) is 26.2 Å². The summed E-state index contributed by atoms with van der Waals surface area (Å²) in [5.41, 5.74) is 7.37. The van der Waals surface area contributed by atoms with Gasteiger partial charge in [-0.2, -0.15) is 5.10 Å². The third kappa shape index (κ3) is 2.53. The van der Waals surface area contributed by atoms with Gasteiger partial charge in [0.2, 0.25) is 0 Å². The van der Waals surface area contributed by atoms with Crippen LogP contribution in [0.25, 0.3) is 0 Å². The van der Waals surface area contributed by atoms with Crippen LogP contribution in [-0.4, -0.2) is 21.1 Å². The number of nitrogens with two attached hydrogens (primary N) is 1. The Bertz CT molecular complexity index is 449. The van der Waals surface area contributed by atoms with Gasteiger partial charge in [0.05, 0.1) is 16.4 Å². The number of Topliss-reactive ketones (excluding diaryl/α,β-unsaturated/α-hetero) is 1. The number of hydrogen-bond donors (Lipinski definition) is 1. The molecule has 0 spiro atoms. The molecule has 2 N–H and O–H groups in total. The maximum Gasteiger partial charge on any atom is 0.140 e. The van der Waals surface area contributed by atoms with Gasteiger partial charge in [-0.1, -0.05) is 11.6 Å². The minimum atomic E-state index is -0.253. The third-order valence-electron chi connectivity index (χ3n) is 3.52. The fourth-order valence-corrected chi connectivity index (χ4v) is 2.55. The molecule has 1 fully saturated rings. The van der Waals surface area contributed by atoms with Crippen molar-refractivity contribution in [1.82, 2.24) is 9.78 Å². The summed E-state index contributed by atoms with van der Waals surface area (Å²) in [6.07, 6.45) is 3.83. The van der Waals surface area contributed by atoms with Crippen molar-refractivity contribution in [2.75, 3.05) is 0 Å². The highest BCUT2D eigenvalue weighted by Gasteiger charge is 2.34. The SMILES string of the molecule is Cc1nn(C)c(CC(=O)CC2(N)CCC2)c1Cl. The lowest BCUT2D eigenvalue weighted by molar-refractivity contribution is -0.120. The fraction of sp³-hybridized carbons (Fsp3) is 0.667. The van der Waals surface area contributed by atoms with Crippen molar-refractivity contribution in [2.45, 2.75) is 44.6 Å². The van der Waals surface area contributed by atoms with Gasteiger partial charge in [0, 0.05) is 25.4 Å². The van der Waals surface area contributed by atoms with E-state index in [0.717, 1.165) is 30.7 Å². The monoisotopic (exact) mass is 255 g/mol. The third-order valence-corrected chi connectivity index (χ3v) is 4.02. The molecule has 1 aliphatic carbocycles. The molecule has 0 amide bonds. The van der Waals surface area contributed by atoms with Gasteiger partial charge in [0.1, 0.15) is 5.78 Å². The lowest BCUT2D eigenvalue weighted by Crippen LogP contribution is -2.48. The van der Waals surface area contributed by atoms with Crippen LogP contribution in [0.3, 0.4) is 0 Å². The topological polar surface area (TPSA) is 60.9 Å². The van der Waals surface area contributed by atoms with E-state index < -0.39 is 0 Å². The Morgan fingerprint density at radius 1 is 1.59 bits per heavy atom. The predicted molar refractivity (Wildman–Crippen MR) is 67.1 cm³/mol. The van der Waals surface area contributed by atoms with Crippen LogP contribution in [0.4, 0.5) is 0 Å². The van der Waals surface area contributed by atoms with Crippen molar-refractivity contribution in [3.63, 3.8) is 0 Å². The van der Waals surface area contributed by atoms with Crippen molar-refractivity contribution in [2.24, 2.45) is 12.8 Å². The number of rotatable bonds is 4. The largest absolute Gasteiger partial charge is 0.325 e. The molecule has 17 heavy (non-hydrogen) atoms. The number of halogens is 1. The van der Waals surface area contributed by atoms with Crippen molar-refractivity contribution >= 4 is 17.4 Å². The Balaban J connectivity index is 2.03. The van der Waals surface area contributed by atoms with Crippen molar-refractivity contribution in [3.05, 3.63) is 16.4 Å². The van der Waals surface area contributed by atoms with Gasteiger partial charge < -0.3 is 5.73 Å².